The number of hydrogen-bond acceptors (Lipinski definition) is 5. The fraction of sp³-hybridized carbons (Fsp3) is 0.500. The van der Waals surface area contributed by atoms with Crippen LogP contribution in [0.1, 0.15) is 17.9 Å². The standard InChI is InChI=1S/C16H22N4O/c1-12-4-3-5-14(8-12)16-19-18-15(21-16)11-20-7-6-13(10-20)9-17-2/h3-5,8,13,17H,6-7,9-11H2,1-2H3. The Kier molecular flexibility index (Phi) is 4.31. The molecule has 1 aromatic carbocycles. The lowest BCUT2D eigenvalue weighted by Gasteiger charge is -2.13. The first-order valence-corrected chi connectivity index (χ1v) is 7.51. The van der Waals surface area contributed by atoms with Crippen molar-refractivity contribution in [2.75, 3.05) is 26.7 Å². The van der Waals surface area contributed by atoms with E-state index in [2.05, 4.69) is 39.5 Å². The minimum Gasteiger partial charge on any atom is -0.419 e. The Morgan fingerprint density at radius 2 is 2.29 bits per heavy atom. The monoisotopic (exact) mass is 286 g/mol. The quantitative estimate of drug-likeness (QED) is 0.912. The van der Waals surface area contributed by atoms with Crippen molar-refractivity contribution in [1.82, 2.24) is 20.4 Å². The normalized spacial score (nSPS) is 19.2. The van der Waals surface area contributed by atoms with Crippen LogP contribution < -0.4 is 5.32 Å². The van der Waals surface area contributed by atoms with Crippen LogP contribution in [0.5, 0.6) is 0 Å². The number of nitrogens with zero attached hydrogens (tertiary/aromatic N) is 3. The van der Waals surface area contributed by atoms with Crippen LogP contribution in [0.3, 0.4) is 0 Å². The van der Waals surface area contributed by atoms with Crippen LogP contribution in [0, 0.1) is 12.8 Å². The molecule has 2 aromatic rings. The fourth-order valence-electron chi connectivity index (χ4n) is 2.92. The third-order valence-electron chi connectivity index (χ3n) is 3.95. The van der Waals surface area contributed by atoms with E-state index in [0.717, 1.165) is 37.7 Å². The Morgan fingerprint density at radius 1 is 1.38 bits per heavy atom. The SMILES string of the molecule is CNCC1CCN(Cc2nnc(-c3cccc(C)c3)o2)C1. The summed E-state index contributed by atoms with van der Waals surface area (Å²) in [5, 5.41) is 11.6. The first-order valence-electron chi connectivity index (χ1n) is 7.51. The first kappa shape index (κ1) is 14.2. The lowest BCUT2D eigenvalue weighted by Crippen LogP contribution is -2.24. The molecule has 0 radical (unpaired) electrons. The Hall–Kier alpha value is -1.72. The van der Waals surface area contributed by atoms with E-state index in [4.69, 9.17) is 4.42 Å². The maximum absolute atomic E-state index is 5.80. The summed E-state index contributed by atoms with van der Waals surface area (Å²) in [7, 11) is 2.01. The molecule has 5 heteroatoms. The summed E-state index contributed by atoms with van der Waals surface area (Å²) >= 11 is 0. The van der Waals surface area contributed by atoms with Gasteiger partial charge in [0, 0.05) is 12.1 Å². The minimum atomic E-state index is 0.611. The summed E-state index contributed by atoms with van der Waals surface area (Å²) < 4.78 is 5.80. The van der Waals surface area contributed by atoms with Gasteiger partial charge in [0.15, 0.2) is 0 Å². The summed E-state index contributed by atoms with van der Waals surface area (Å²) in [6.07, 6.45) is 1.24. The van der Waals surface area contributed by atoms with Gasteiger partial charge in [0.2, 0.25) is 11.8 Å². The molecule has 0 aliphatic carbocycles. The second kappa shape index (κ2) is 6.37. The zero-order valence-electron chi connectivity index (χ0n) is 12.7. The van der Waals surface area contributed by atoms with Gasteiger partial charge < -0.3 is 9.73 Å². The summed E-state index contributed by atoms with van der Waals surface area (Å²) in [4.78, 5) is 2.38. The molecule has 0 spiro atoms. The van der Waals surface area contributed by atoms with Gasteiger partial charge >= 0.3 is 0 Å². The van der Waals surface area contributed by atoms with E-state index < -0.39 is 0 Å². The largest absolute Gasteiger partial charge is 0.419 e. The molecule has 21 heavy (non-hydrogen) atoms. The van der Waals surface area contributed by atoms with E-state index in [1.165, 1.54) is 12.0 Å². The summed E-state index contributed by atoms with van der Waals surface area (Å²) in [5.41, 5.74) is 2.19. The Labute approximate surface area is 125 Å². The topological polar surface area (TPSA) is 54.2 Å². The number of nitrogens with one attached hydrogen (secondary N) is 1. The van der Waals surface area contributed by atoms with Gasteiger partial charge in [0.25, 0.3) is 0 Å². The Morgan fingerprint density at radius 3 is 3.10 bits per heavy atom. The molecule has 1 atom stereocenters. The molecule has 1 aliphatic heterocycles. The molecule has 1 saturated heterocycles. The van der Waals surface area contributed by atoms with Gasteiger partial charge in [-0.25, -0.2) is 0 Å². The van der Waals surface area contributed by atoms with Crippen molar-refractivity contribution in [2.45, 2.75) is 19.9 Å². The molecule has 0 amide bonds. The van der Waals surface area contributed by atoms with Crippen molar-refractivity contribution in [3.8, 4) is 11.5 Å². The molecule has 3 rings (SSSR count). The average Bonchev–Trinajstić information content (AvgIpc) is 3.10. The van der Waals surface area contributed by atoms with E-state index in [0.29, 0.717) is 11.8 Å². The van der Waals surface area contributed by atoms with Crippen molar-refractivity contribution in [1.29, 1.82) is 0 Å². The van der Waals surface area contributed by atoms with Crippen molar-refractivity contribution in [2.24, 2.45) is 5.92 Å². The molecule has 1 fully saturated rings. The summed E-state index contributed by atoms with van der Waals surface area (Å²) in [6, 6.07) is 8.14. The molecule has 112 valence electrons. The second-order valence-corrected chi connectivity index (χ2v) is 5.82. The van der Waals surface area contributed by atoms with Crippen molar-refractivity contribution in [3.63, 3.8) is 0 Å². The van der Waals surface area contributed by atoms with E-state index in [1.807, 2.05) is 19.2 Å². The molecule has 5 nitrogen and oxygen atoms in total. The lowest BCUT2D eigenvalue weighted by atomic mass is 10.1. The zero-order valence-corrected chi connectivity index (χ0v) is 12.7. The predicted octanol–water partition coefficient (Wildman–Crippen LogP) is 2.09. The van der Waals surface area contributed by atoms with Crippen LogP contribution in [0.4, 0.5) is 0 Å². The van der Waals surface area contributed by atoms with Gasteiger partial charge in [-0.1, -0.05) is 17.7 Å². The van der Waals surface area contributed by atoms with Gasteiger partial charge in [-0.3, -0.25) is 4.90 Å². The lowest BCUT2D eigenvalue weighted by molar-refractivity contribution is 0.281. The third-order valence-corrected chi connectivity index (χ3v) is 3.95. The summed E-state index contributed by atoms with van der Waals surface area (Å²) in [6.45, 7) is 6.10. The number of hydrogen-bond donors (Lipinski definition) is 1. The fourth-order valence-corrected chi connectivity index (χ4v) is 2.92. The van der Waals surface area contributed by atoms with Gasteiger partial charge in [0.05, 0.1) is 6.54 Å². The third kappa shape index (κ3) is 3.49. The van der Waals surface area contributed by atoms with Crippen LogP contribution in [-0.4, -0.2) is 41.8 Å². The van der Waals surface area contributed by atoms with Crippen molar-refractivity contribution < 1.29 is 4.42 Å². The number of aryl methyl sites for hydroxylation is 1. The first-order chi connectivity index (χ1) is 10.2. The van der Waals surface area contributed by atoms with Crippen molar-refractivity contribution in [3.05, 3.63) is 35.7 Å². The maximum atomic E-state index is 5.80. The number of rotatable bonds is 5. The van der Waals surface area contributed by atoms with E-state index in [1.54, 1.807) is 0 Å². The molecule has 1 unspecified atom stereocenters. The van der Waals surface area contributed by atoms with Gasteiger partial charge in [-0.05, 0) is 51.5 Å². The van der Waals surface area contributed by atoms with Crippen molar-refractivity contribution >= 4 is 0 Å². The highest BCUT2D eigenvalue weighted by Gasteiger charge is 2.23. The van der Waals surface area contributed by atoms with Crippen LogP contribution in [0.25, 0.3) is 11.5 Å². The number of benzene rings is 1. The highest BCUT2D eigenvalue weighted by atomic mass is 16.4. The average molecular weight is 286 g/mol. The Bertz CT molecular complexity index is 595. The number of aromatic nitrogens is 2. The van der Waals surface area contributed by atoms with Crippen LogP contribution in [0.15, 0.2) is 28.7 Å². The highest BCUT2D eigenvalue weighted by molar-refractivity contribution is 5.53. The predicted molar refractivity (Wildman–Crippen MR) is 81.8 cm³/mol. The van der Waals surface area contributed by atoms with Gasteiger partial charge in [0.1, 0.15) is 0 Å². The highest BCUT2D eigenvalue weighted by Crippen LogP contribution is 2.21. The second-order valence-electron chi connectivity index (χ2n) is 5.82. The smallest absolute Gasteiger partial charge is 0.247 e. The number of likely N-dealkylation sites (tertiary alicyclic amines) is 1. The Balaban J connectivity index is 1.63. The van der Waals surface area contributed by atoms with Crippen LogP contribution in [0.2, 0.25) is 0 Å². The molecule has 0 bridgehead atoms. The molecule has 0 saturated carbocycles. The van der Waals surface area contributed by atoms with Crippen LogP contribution in [-0.2, 0) is 6.54 Å². The molecular weight excluding hydrogens is 264 g/mol. The molecule has 1 N–H and O–H groups in total. The zero-order chi connectivity index (χ0) is 14.7. The van der Waals surface area contributed by atoms with E-state index in [9.17, 15) is 0 Å². The maximum Gasteiger partial charge on any atom is 0.247 e. The molecule has 1 aromatic heterocycles. The minimum absolute atomic E-state index is 0.611. The van der Waals surface area contributed by atoms with Gasteiger partial charge in [-0.2, -0.15) is 0 Å². The summed E-state index contributed by atoms with van der Waals surface area (Å²) in [5.74, 6) is 2.05. The molecule has 2 heterocycles. The molecule has 1 aliphatic rings. The van der Waals surface area contributed by atoms with Crippen LogP contribution >= 0.6 is 0 Å². The van der Waals surface area contributed by atoms with E-state index in [-0.39, 0.29) is 0 Å². The van der Waals surface area contributed by atoms with Gasteiger partial charge in [-0.15, -0.1) is 10.2 Å². The van der Waals surface area contributed by atoms with E-state index >= 15 is 0 Å². The molecular formula is C16H22N4O.